The first-order valence-electron chi connectivity index (χ1n) is 3.05. The van der Waals surface area contributed by atoms with Crippen LogP contribution in [0, 0.1) is 12.3 Å². The minimum absolute atomic E-state index is 0.368. The number of thiophene rings is 1. The Hall–Kier alpha value is -1.11. The maximum atomic E-state index is 10.9. The summed E-state index contributed by atoms with van der Waals surface area (Å²) >= 11 is 1.43. The highest BCUT2D eigenvalue weighted by molar-refractivity contribution is 7.10. The Bertz CT molecular complexity index is 284. The number of carbonyl (C=O) groups excluding carboxylic acids is 1. The Kier molecular flexibility index (Phi) is 2.42. The number of Topliss-reactive ketones (excluding diaryl/α,β-unsaturated/α-hetero) is 1. The van der Waals surface area contributed by atoms with Gasteiger partial charge in [-0.3, -0.25) is 4.79 Å². The Morgan fingerprint density at radius 2 is 2.55 bits per heavy atom. The first-order valence-corrected chi connectivity index (χ1v) is 3.93. The highest BCUT2D eigenvalue weighted by Crippen LogP contribution is 2.16. The zero-order valence-electron chi connectivity index (χ0n) is 5.78. The molecular formula is C8H7NOS. The molecule has 0 fully saturated rings. The monoisotopic (exact) mass is 165 g/mol. The normalized spacial score (nSPS) is 12.0. The van der Waals surface area contributed by atoms with Gasteiger partial charge in [0.05, 0.1) is 0 Å². The zero-order valence-corrected chi connectivity index (χ0v) is 6.60. The van der Waals surface area contributed by atoms with E-state index < -0.39 is 6.04 Å². The van der Waals surface area contributed by atoms with Gasteiger partial charge in [0.25, 0.3) is 0 Å². The van der Waals surface area contributed by atoms with Gasteiger partial charge in [0, 0.05) is 4.88 Å². The van der Waals surface area contributed by atoms with Crippen LogP contribution in [-0.2, 0) is 4.79 Å². The number of terminal acetylenes is 1. The van der Waals surface area contributed by atoms with Gasteiger partial charge in [-0.2, -0.15) is 0 Å². The lowest BCUT2D eigenvalue weighted by Crippen LogP contribution is -2.18. The maximum absolute atomic E-state index is 10.9. The molecule has 0 radical (unpaired) electrons. The molecule has 1 atom stereocenters. The van der Waals surface area contributed by atoms with Crippen molar-refractivity contribution in [3.8, 4) is 12.3 Å². The zero-order chi connectivity index (χ0) is 8.27. The molecule has 0 aliphatic rings. The molecule has 0 bridgehead atoms. The minimum Gasteiger partial charge on any atom is -0.316 e. The van der Waals surface area contributed by atoms with Crippen LogP contribution in [-0.4, -0.2) is 5.78 Å². The molecule has 2 nitrogen and oxygen atoms in total. The van der Waals surface area contributed by atoms with Crippen molar-refractivity contribution in [1.82, 2.24) is 0 Å². The van der Waals surface area contributed by atoms with Crippen molar-refractivity contribution in [3.63, 3.8) is 0 Å². The van der Waals surface area contributed by atoms with Gasteiger partial charge in [0.2, 0.25) is 5.78 Å². The van der Waals surface area contributed by atoms with Crippen molar-refractivity contribution in [3.05, 3.63) is 22.4 Å². The van der Waals surface area contributed by atoms with E-state index >= 15 is 0 Å². The van der Waals surface area contributed by atoms with Crippen LogP contribution in [0.4, 0.5) is 0 Å². The van der Waals surface area contributed by atoms with Crippen LogP contribution in [0.15, 0.2) is 17.5 Å². The molecule has 1 aromatic rings. The highest BCUT2D eigenvalue weighted by atomic mass is 32.1. The highest BCUT2D eigenvalue weighted by Gasteiger charge is 2.13. The molecule has 3 heteroatoms. The van der Waals surface area contributed by atoms with Gasteiger partial charge in [-0.1, -0.05) is 6.07 Å². The number of ketones is 1. The molecule has 1 rings (SSSR count). The second kappa shape index (κ2) is 3.33. The fourth-order valence-corrected chi connectivity index (χ4v) is 1.41. The smallest absolute Gasteiger partial charge is 0.227 e. The third kappa shape index (κ3) is 1.67. The molecule has 0 aromatic carbocycles. The van der Waals surface area contributed by atoms with Gasteiger partial charge in [-0.15, -0.1) is 17.8 Å². The first-order chi connectivity index (χ1) is 5.25. The van der Waals surface area contributed by atoms with Gasteiger partial charge in [0.1, 0.15) is 6.04 Å². The molecule has 1 aromatic heterocycles. The second-order valence-corrected chi connectivity index (χ2v) is 2.98. The van der Waals surface area contributed by atoms with E-state index in [1.807, 2.05) is 17.4 Å². The van der Waals surface area contributed by atoms with E-state index in [0.29, 0.717) is 0 Å². The summed E-state index contributed by atoms with van der Waals surface area (Å²) in [5, 5.41) is 1.86. The Morgan fingerprint density at radius 1 is 1.82 bits per heavy atom. The lowest BCUT2D eigenvalue weighted by atomic mass is 10.2. The molecule has 56 valence electrons. The summed E-state index contributed by atoms with van der Waals surface area (Å²) in [6.45, 7) is 0. The van der Waals surface area contributed by atoms with Gasteiger partial charge >= 0.3 is 0 Å². The molecule has 0 aliphatic heterocycles. The summed E-state index contributed by atoms with van der Waals surface area (Å²) in [7, 11) is 0. The Balaban J connectivity index is 2.80. The molecule has 0 amide bonds. The van der Waals surface area contributed by atoms with Crippen LogP contribution in [0.25, 0.3) is 0 Å². The quantitative estimate of drug-likeness (QED) is 0.523. The molecule has 0 spiro atoms. The van der Waals surface area contributed by atoms with Crippen LogP contribution in [0.5, 0.6) is 0 Å². The molecular weight excluding hydrogens is 158 g/mol. The van der Waals surface area contributed by atoms with Gasteiger partial charge < -0.3 is 5.73 Å². The SMILES string of the molecule is C#CC(=O)C(N)c1cccs1. The molecule has 11 heavy (non-hydrogen) atoms. The average molecular weight is 165 g/mol. The fourth-order valence-electron chi connectivity index (χ4n) is 0.687. The Morgan fingerprint density at radius 3 is 3.00 bits per heavy atom. The number of hydrogen-bond donors (Lipinski definition) is 1. The van der Waals surface area contributed by atoms with Crippen molar-refractivity contribution in [2.75, 3.05) is 0 Å². The third-order valence-electron chi connectivity index (χ3n) is 1.27. The van der Waals surface area contributed by atoms with Gasteiger partial charge in [0.15, 0.2) is 0 Å². The summed E-state index contributed by atoms with van der Waals surface area (Å²) in [6, 6.07) is 2.99. The summed E-state index contributed by atoms with van der Waals surface area (Å²) in [6.07, 6.45) is 4.90. The van der Waals surface area contributed by atoms with Crippen molar-refractivity contribution < 1.29 is 4.79 Å². The van der Waals surface area contributed by atoms with E-state index in [2.05, 4.69) is 0 Å². The van der Waals surface area contributed by atoms with Crippen LogP contribution < -0.4 is 5.73 Å². The molecule has 1 unspecified atom stereocenters. The van der Waals surface area contributed by atoms with Gasteiger partial charge in [-0.25, -0.2) is 0 Å². The molecule has 2 N–H and O–H groups in total. The third-order valence-corrected chi connectivity index (χ3v) is 2.23. The van der Waals surface area contributed by atoms with Crippen LogP contribution in [0.3, 0.4) is 0 Å². The van der Waals surface area contributed by atoms with Crippen molar-refractivity contribution >= 4 is 17.1 Å². The lowest BCUT2D eigenvalue weighted by Gasteiger charge is -2.01. The van der Waals surface area contributed by atoms with Crippen LogP contribution in [0.1, 0.15) is 10.9 Å². The second-order valence-electron chi connectivity index (χ2n) is 2.00. The van der Waals surface area contributed by atoms with Crippen molar-refractivity contribution in [1.29, 1.82) is 0 Å². The van der Waals surface area contributed by atoms with Crippen molar-refractivity contribution in [2.45, 2.75) is 6.04 Å². The standard InChI is InChI=1S/C8H7NOS/c1-2-6(10)8(9)7-4-3-5-11-7/h1,3-5,8H,9H2. The van der Waals surface area contributed by atoms with Crippen molar-refractivity contribution in [2.24, 2.45) is 5.73 Å². The van der Waals surface area contributed by atoms with Crippen LogP contribution >= 0.6 is 11.3 Å². The largest absolute Gasteiger partial charge is 0.316 e. The predicted molar refractivity (Wildman–Crippen MR) is 45.1 cm³/mol. The number of hydrogen-bond acceptors (Lipinski definition) is 3. The topological polar surface area (TPSA) is 43.1 Å². The number of carbonyl (C=O) groups is 1. The predicted octanol–water partition coefficient (Wildman–Crippen LogP) is 0.950. The molecule has 0 saturated heterocycles. The minimum atomic E-state index is -0.639. The first kappa shape index (κ1) is 7.99. The summed E-state index contributed by atoms with van der Waals surface area (Å²) in [5.74, 6) is 1.63. The lowest BCUT2D eigenvalue weighted by molar-refractivity contribution is -0.115. The molecule has 0 aliphatic carbocycles. The number of nitrogens with two attached hydrogens (primary N) is 1. The fraction of sp³-hybridized carbons (Fsp3) is 0.125. The van der Waals surface area contributed by atoms with Gasteiger partial charge in [-0.05, 0) is 17.4 Å². The summed E-state index contributed by atoms with van der Waals surface area (Å²) in [4.78, 5) is 11.7. The van der Waals surface area contributed by atoms with E-state index in [1.54, 1.807) is 6.07 Å². The van der Waals surface area contributed by atoms with E-state index in [-0.39, 0.29) is 5.78 Å². The number of rotatable bonds is 2. The average Bonchev–Trinajstić information content (AvgIpc) is 2.53. The summed E-state index contributed by atoms with van der Waals surface area (Å²) in [5.41, 5.74) is 5.51. The summed E-state index contributed by atoms with van der Waals surface area (Å²) < 4.78 is 0. The molecule has 0 saturated carbocycles. The van der Waals surface area contributed by atoms with Crippen LogP contribution in [0.2, 0.25) is 0 Å². The van der Waals surface area contributed by atoms with E-state index in [1.165, 1.54) is 11.3 Å². The van der Waals surface area contributed by atoms with E-state index in [9.17, 15) is 4.79 Å². The molecule has 1 heterocycles. The Labute approximate surface area is 69.0 Å². The van der Waals surface area contributed by atoms with E-state index in [0.717, 1.165) is 4.88 Å². The maximum Gasteiger partial charge on any atom is 0.227 e. The van der Waals surface area contributed by atoms with E-state index in [4.69, 9.17) is 12.2 Å².